The van der Waals surface area contributed by atoms with E-state index in [0.29, 0.717) is 24.2 Å². The number of sulfone groups is 1. The maximum Gasteiger partial charge on any atom is 0.251 e. The summed E-state index contributed by atoms with van der Waals surface area (Å²) in [5.41, 5.74) is 2.16. The minimum absolute atomic E-state index is 0.0603. The Kier molecular flexibility index (Phi) is 6.53. The van der Waals surface area contributed by atoms with Gasteiger partial charge in [0.1, 0.15) is 0 Å². The molecule has 2 amide bonds. The van der Waals surface area contributed by atoms with Gasteiger partial charge in [0.15, 0.2) is 9.84 Å². The number of anilines is 1. The number of hydrogen-bond donors (Lipinski definition) is 1. The van der Waals surface area contributed by atoms with Gasteiger partial charge in [-0.05, 0) is 29.8 Å². The lowest BCUT2D eigenvalue weighted by Crippen LogP contribution is -2.51. The van der Waals surface area contributed by atoms with Crippen molar-refractivity contribution in [3.63, 3.8) is 0 Å². The Bertz CT molecular complexity index is 951. The standard InChI is InChI=1S/C21H25N3O4S/c1-29(27,28)16-17-7-9-18(10-8-17)21(26)22-15-20(25)24-13-11-23(12-14-24)19-5-3-2-4-6-19/h2-10H,11-16H2,1H3,(H,22,26). The van der Waals surface area contributed by atoms with Crippen molar-refractivity contribution in [2.75, 3.05) is 43.9 Å². The lowest BCUT2D eigenvalue weighted by Gasteiger charge is -2.36. The molecular formula is C21H25N3O4S. The highest BCUT2D eigenvalue weighted by molar-refractivity contribution is 7.89. The molecule has 1 aliphatic heterocycles. The first kappa shape index (κ1) is 20.9. The Hall–Kier alpha value is -2.87. The van der Waals surface area contributed by atoms with Gasteiger partial charge >= 0.3 is 0 Å². The lowest BCUT2D eigenvalue weighted by molar-refractivity contribution is -0.130. The highest BCUT2D eigenvalue weighted by atomic mass is 32.2. The predicted molar refractivity (Wildman–Crippen MR) is 113 cm³/mol. The molecular weight excluding hydrogens is 390 g/mol. The fourth-order valence-corrected chi connectivity index (χ4v) is 4.08. The molecule has 3 rings (SSSR count). The van der Waals surface area contributed by atoms with E-state index in [1.165, 1.54) is 6.26 Å². The maximum absolute atomic E-state index is 12.4. The van der Waals surface area contributed by atoms with Gasteiger partial charge in [-0.2, -0.15) is 0 Å². The van der Waals surface area contributed by atoms with Gasteiger partial charge in [-0.3, -0.25) is 9.59 Å². The second-order valence-electron chi connectivity index (χ2n) is 7.15. The van der Waals surface area contributed by atoms with E-state index in [1.807, 2.05) is 18.2 Å². The van der Waals surface area contributed by atoms with E-state index in [0.717, 1.165) is 18.8 Å². The van der Waals surface area contributed by atoms with Crippen molar-refractivity contribution in [3.8, 4) is 0 Å². The van der Waals surface area contributed by atoms with Crippen LogP contribution in [0.5, 0.6) is 0 Å². The summed E-state index contributed by atoms with van der Waals surface area (Å²) in [7, 11) is -3.12. The lowest BCUT2D eigenvalue weighted by atomic mass is 10.1. The second-order valence-corrected chi connectivity index (χ2v) is 9.29. The van der Waals surface area contributed by atoms with Crippen LogP contribution in [0.25, 0.3) is 0 Å². The van der Waals surface area contributed by atoms with Crippen LogP contribution in [0.2, 0.25) is 0 Å². The van der Waals surface area contributed by atoms with Crippen LogP contribution < -0.4 is 10.2 Å². The average Bonchev–Trinajstić information content (AvgIpc) is 2.72. The average molecular weight is 416 g/mol. The molecule has 29 heavy (non-hydrogen) atoms. The number of para-hydroxylation sites is 1. The van der Waals surface area contributed by atoms with Crippen molar-refractivity contribution in [3.05, 3.63) is 65.7 Å². The van der Waals surface area contributed by atoms with Crippen LogP contribution in [0, 0.1) is 0 Å². The van der Waals surface area contributed by atoms with Gasteiger partial charge < -0.3 is 15.1 Å². The quantitative estimate of drug-likeness (QED) is 0.769. The third kappa shape index (κ3) is 6.05. The molecule has 0 aromatic heterocycles. The van der Waals surface area contributed by atoms with Gasteiger partial charge in [-0.1, -0.05) is 30.3 Å². The Morgan fingerprint density at radius 1 is 0.931 bits per heavy atom. The maximum atomic E-state index is 12.4. The third-order valence-corrected chi connectivity index (χ3v) is 5.66. The number of nitrogens with one attached hydrogen (secondary N) is 1. The zero-order chi connectivity index (χ0) is 20.9. The number of hydrogen-bond acceptors (Lipinski definition) is 5. The van der Waals surface area contributed by atoms with Crippen LogP contribution >= 0.6 is 0 Å². The van der Waals surface area contributed by atoms with E-state index < -0.39 is 9.84 Å². The molecule has 7 nitrogen and oxygen atoms in total. The van der Waals surface area contributed by atoms with Gasteiger partial charge in [0.2, 0.25) is 5.91 Å². The molecule has 1 aliphatic rings. The van der Waals surface area contributed by atoms with E-state index in [1.54, 1.807) is 29.2 Å². The summed E-state index contributed by atoms with van der Waals surface area (Å²) in [5.74, 6) is -0.533. The van der Waals surface area contributed by atoms with Gasteiger partial charge in [0, 0.05) is 43.7 Å². The van der Waals surface area contributed by atoms with E-state index in [9.17, 15) is 18.0 Å². The summed E-state index contributed by atoms with van der Waals surface area (Å²) in [6.45, 7) is 2.68. The minimum Gasteiger partial charge on any atom is -0.368 e. The first-order valence-electron chi connectivity index (χ1n) is 9.44. The third-order valence-electron chi connectivity index (χ3n) is 4.80. The fourth-order valence-electron chi connectivity index (χ4n) is 3.28. The van der Waals surface area contributed by atoms with Gasteiger partial charge in [-0.15, -0.1) is 0 Å². The van der Waals surface area contributed by atoms with Crippen molar-refractivity contribution in [2.24, 2.45) is 0 Å². The van der Waals surface area contributed by atoms with Crippen LogP contribution in [0.3, 0.4) is 0 Å². The number of nitrogens with zero attached hydrogens (tertiary/aromatic N) is 2. The SMILES string of the molecule is CS(=O)(=O)Cc1ccc(C(=O)NCC(=O)N2CCN(c3ccccc3)CC2)cc1. The molecule has 0 saturated carbocycles. The molecule has 2 aromatic rings. The molecule has 154 valence electrons. The van der Waals surface area contributed by atoms with Crippen molar-refractivity contribution < 1.29 is 18.0 Å². The summed E-state index contributed by atoms with van der Waals surface area (Å²) in [4.78, 5) is 28.7. The summed E-state index contributed by atoms with van der Waals surface area (Å²) in [6.07, 6.45) is 1.17. The summed E-state index contributed by atoms with van der Waals surface area (Å²) < 4.78 is 22.6. The monoisotopic (exact) mass is 415 g/mol. The molecule has 0 radical (unpaired) electrons. The Morgan fingerprint density at radius 2 is 1.55 bits per heavy atom. The van der Waals surface area contributed by atoms with Crippen molar-refractivity contribution in [2.45, 2.75) is 5.75 Å². The Morgan fingerprint density at radius 3 is 2.14 bits per heavy atom. The highest BCUT2D eigenvalue weighted by Crippen LogP contribution is 2.15. The van der Waals surface area contributed by atoms with Crippen LogP contribution in [-0.4, -0.2) is 64.1 Å². The van der Waals surface area contributed by atoms with Crippen LogP contribution in [0.4, 0.5) is 5.69 Å². The van der Waals surface area contributed by atoms with E-state index >= 15 is 0 Å². The Balaban J connectivity index is 1.46. The molecule has 0 spiro atoms. The van der Waals surface area contributed by atoms with E-state index in [-0.39, 0.29) is 24.1 Å². The van der Waals surface area contributed by atoms with E-state index in [4.69, 9.17) is 0 Å². The Labute approximate surface area is 171 Å². The molecule has 0 aliphatic carbocycles. The smallest absolute Gasteiger partial charge is 0.251 e. The molecule has 8 heteroatoms. The van der Waals surface area contributed by atoms with Crippen molar-refractivity contribution >= 4 is 27.3 Å². The molecule has 1 N–H and O–H groups in total. The molecule has 1 fully saturated rings. The van der Waals surface area contributed by atoms with Crippen LogP contribution in [-0.2, 0) is 20.4 Å². The highest BCUT2D eigenvalue weighted by Gasteiger charge is 2.21. The molecule has 2 aromatic carbocycles. The topological polar surface area (TPSA) is 86.8 Å². The normalized spacial score (nSPS) is 14.5. The van der Waals surface area contributed by atoms with Gasteiger partial charge in [0.05, 0.1) is 12.3 Å². The minimum atomic E-state index is -3.12. The number of rotatable bonds is 6. The molecule has 1 heterocycles. The number of piperazine rings is 1. The number of amides is 2. The number of carbonyl (C=O) groups is 2. The van der Waals surface area contributed by atoms with Crippen LogP contribution in [0.15, 0.2) is 54.6 Å². The number of carbonyl (C=O) groups excluding carboxylic acids is 2. The first-order chi connectivity index (χ1) is 13.8. The summed E-state index contributed by atoms with van der Waals surface area (Å²) >= 11 is 0. The molecule has 0 atom stereocenters. The van der Waals surface area contributed by atoms with E-state index in [2.05, 4.69) is 22.3 Å². The predicted octanol–water partition coefficient (Wildman–Crippen LogP) is 1.31. The summed E-state index contributed by atoms with van der Waals surface area (Å²) in [5, 5.41) is 2.64. The number of benzene rings is 2. The largest absolute Gasteiger partial charge is 0.368 e. The zero-order valence-corrected chi connectivity index (χ0v) is 17.2. The van der Waals surface area contributed by atoms with Crippen molar-refractivity contribution in [1.82, 2.24) is 10.2 Å². The first-order valence-corrected chi connectivity index (χ1v) is 11.5. The molecule has 0 bridgehead atoms. The zero-order valence-electron chi connectivity index (χ0n) is 16.4. The fraction of sp³-hybridized carbons (Fsp3) is 0.333. The van der Waals surface area contributed by atoms with Gasteiger partial charge in [-0.25, -0.2) is 8.42 Å². The van der Waals surface area contributed by atoms with Gasteiger partial charge in [0.25, 0.3) is 5.91 Å². The van der Waals surface area contributed by atoms with Crippen LogP contribution in [0.1, 0.15) is 15.9 Å². The van der Waals surface area contributed by atoms with Crippen molar-refractivity contribution in [1.29, 1.82) is 0 Å². The molecule has 1 saturated heterocycles. The second kappa shape index (κ2) is 9.09. The summed E-state index contributed by atoms with van der Waals surface area (Å²) in [6, 6.07) is 16.4. The molecule has 0 unspecified atom stereocenters.